The largest absolute Gasteiger partial charge is 0.347 e. The predicted molar refractivity (Wildman–Crippen MR) is 46.3 cm³/mol. The highest BCUT2D eigenvalue weighted by Gasteiger charge is 2.15. The minimum atomic E-state index is 0.0335. The summed E-state index contributed by atoms with van der Waals surface area (Å²) < 4.78 is 4.70. The maximum absolute atomic E-state index is 10.8. The van der Waals surface area contributed by atoms with E-state index in [4.69, 9.17) is 5.73 Å². The van der Waals surface area contributed by atoms with E-state index in [1.165, 1.54) is 0 Å². The molecule has 5 nitrogen and oxygen atoms in total. The van der Waals surface area contributed by atoms with Gasteiger partial charge in [-0.3, -0.25) is 0 Å². The molecule has 0 aliphatic heterocycles. The number of hydrogen-bond acceptors (Lipinski definition) is 3. The summed E-state index contributed by atoms with van der Waals surface area (Å²) in [6, 6.07) is 9.25. The summed E-state index contributed by atoms with van der Waals surface area (Å²) in [7, 11) is 0. The topological polar surface area (TPSA) is 77.9 Å². The van der Waals surface area contributed by atoms with Gasteiger partial charge in [0.05, 0.1) is 0 Å². The van der Waals surface area contributed by atoms with Crippen molar-refractivity contribution in [2.24, 2.45) is 0 Å². The summed E-state index contributed by atoms with van der Waals surface area (Å²) >= 11 is 0. The lowest BCUT2D eigenvalue weighted by atomic mass is 10.2. The fourth-order valence-corrected chi connectivity index (χ4v) is 1.09. The Morgan fingerprint density at radius 1 is 1.31 bits per heavy atom. The summed E-state index contributed by atoms with van der Waals surface area (Å²) in [5, 5.41) is 2.44. The third kappa shape index (κ3) is 1.20. The van der Waals surface area contributed by atoms with Crippen molar-refractivity contribution in [2.45, 2.75) is 0 Å². The molecule has 3 N–H and O–H groups in total. The Labute approximate surface area is 73.3 Å². The first-order valence-corrected chi connectivity index (χ1v) is 3.74. The molecular weight excluding hydrogens is 170 g/mol. The van der Waals surface area contributed by atoms with Gasteiger partial charge in [-0.2, -0.15) is 0 Å². The van der Waals surface area contributed by atoms with Crippen LogP contribution in [0.15, 0.2) is 35.0 Å². The molecule has 1 aromatic heterocycles. The van der Waals surface area contributed by atoms with Gasteiger partial charge in [0.1, 0.15) is 0 Å². The molecule has 0 atom stereocenters. The highest BCUT2D eigenvalue weighted by atomic mass is 16.7. The SMILES string of the molecule is Nc1c(-c2ccccc2)[nH]o[n+]1=O. The van der Waals surface area contributed by atoms with Crippen molar-refractivity contribution in [3.8, 4) is 11.3 Å². The molecule has 0 spiro atoms. The minimum absolute atomic E-state index is 0.0335. The number of anilines is 1. The first kappa shape index (κ1) is 7.60. The highest BCUT2D eigenvalue weighted by molar-refractivity contribution is 5.66. The molecule has 13 heavy (non-hydrogen) atoms. The normalized spacial score (nSPS) is 10.2. The number of nitrogen functional groups attached to an aromatic ring is 1. The first-order chi connectivity index (χ1) is 6.29. The number of nitrogens with zero attached hydrogens (tertiary/aromatic N) is 1. The number of benzene rings is 1. The molecule has 0 bridgehead atoms. The number of hydrogen-bond donors (Lipinski definition) is 2. The number of rotatable bonds is 1. The monoisotopic (exact) mass is 178 g/mol. The maximum atomic E-state index is 10.8. The van der Waals surface area contributed by atoms with Crippen molar-refractivity contribution >= 4 is 5.82 Å². The molecule has 1 heterocycles. The van der Waals surface area contributed by atoms with Crippen molar-refractivity contribution in [3.05, 3.63) is 35.2 Å². The van der Waals surface area contributed by atoms with E-state index in [2.05, 4.69) is 9.79 Å². The Morgan fingerprint density at radius 3 is 2.54 bits per heavy atom. The van der Waals surface area contributed by atoms with Gasteiger partial charge in [-0.25, -0.2) is 0 Å². The standard InChI is InChI=1S/C8H8N3O2/c9-8-7(10-13-11(8)12)6-4-2-1-3-5-6/h1-5,10H,9H2/q+1. The zero-order valence-electron chi connectivity index (χ0n) is 6.73. The second-order valence-corrected chi connectivity index (χ2v) is 2.58. The molecule has 0 saturated carbocycles. The zero-order valence-corrected chi connectivity index (χ0v) is 6.73. The minimum Gasteiger partial charge on any atom is -0.309 e. The van der Waals surface area contributed by atoms with Gasteiger partial charge in [0.2, 0.25) is 5.69 Å². The second kappa shape index (κ2) is 2.78. The molecule has 0 aliphatic rings. The van der Waals surface area contributed by atoms with Crippen LogP contribution in [0.1, 0.15) is 0 Å². The van der Waals surface area contributed by atoms with E-state index < -0.39 is 0 Å². The Balaban J connectivity index is 2.60. The van der Waals surface area contributed by atoms with Gasteiger partial charge in [0, 0.05) is 5.56 Å². The molecule has 0 radical (unpaired) electrons. The van der Waals surface area contributed by atoms with Gasteiger partial charge >= 0.3 is 5.82 Å². The Bertz CT molecular complexity index is 458. The molecule has 2 rings (SSSR count). The van der Waals surface area contributed by atoms with Crippen molar-refractivity contribution in [1.29, 1.82) is 0 Å². The van der Waals surface area contributed by atoms with Crippen LogP contribution in [0, 0.1) is 4.91 Å². The van der Waals surface area contributed by atoms with Crippen molar-refractivity contribution < 1.29 is 9.23 Å². The molecule has 0 saturated heterocycles. The van der Waals surface area contributed by atoms with Crippen molar-refractivity contribution in [2.75, 3.05) is 5.73 Å². The van der Waals surface area contributed by atoms with E-state index in [0.29, 0.717) is 5.69 Å². The molecule has 0 fully saturated rings. The third-order valence-corrected chi connectivity index (χ3v) is 1.75. The van der Waals surface area contributed by atoms with E-state index >= 15 is 0 Å². The molecule has 0 aliphatic carbocycles. The van der Waals surface area contributed by atoms with E-state index in [1.54, 1.807) is 0 Å². The lowest BCUT2D eigenvalue weighted by molar-refractivity contribution is -0.701. The van der Waals surface area contributed by atoms with Crippen LogP contribution in [0.25, 0.3) is 11.3 Å². The van der Waals surface area contributed by atoms with E-state index in [-0.39, 0.29) is 10.4 Å². The number of H-pyrrole nitrogens is 1. The van der Waals surface area contributed by atoms with Crippen LogP contribution in [0.2, 0.25) is 0 Å². The van der Waals surface area contributed by atoms with Gasteiger partial charge in [-0.1, -0.05) is 30.3 Å². The van der Waals surface area contributed by atoms with Gasteiger partial charge in [0.25, 0.3) is 0 Å². The van der Waals surface area contributed by atoms with Gasteiger partial charge < -0.3 is 5.73 Å². The van der Waals surface area contributed by atoms with Crippen LogP contribution >= 0.6 is 0 Å². The fraction of sp³-hybridized carbons (Fsp3) is 0. The first-order valence-electron chi connectivity index (χ1n) is 3.74. The summed E-state index contributed by atoms with van der Waals surface area (Å²) in [6.07, 6.45) is 0. The Hall–Kier alpha value is -2.04. The van der Waals surface area contributed by atoms with Gasteiger partial charge in [-0.15, -0.1) is 9.79 Å². The molecular formula is C8H8N3O2+. The molecule has 1 aromatic carbocycles. The summed E-state index contributed by atoms with van der Waals surface area (Å²) in [5.74, 6) is 0.0335. The Kier molecular flexibility index (Phi) is 1.63. The van der Waals surface area contributed by atoms with Crippen LogP contribution < -0.4 is 10.3 Å². The number of nitrogens with two attached hydrogens (primary N) is 1. The van der Waals surface area contributed by atoms with Crippen molar-refractivity contribution in [3.63, 3.8) is 0 Å². The van der Waals surface area contributed by atoms with Crippen LogP contribution in [0.3, 0.4) is 0 Å². The summed E-state index contributed by atoms with van der Waals surface area (Å²) in [6.45, 7) is 0. The van der Waals surface area contributed by atoms with E-state index in [0.717, 1.165) is 5.56 Å². The average Bonchev–Trinajstić information content (AvgIpc) is 2.49. The molecule has 2 aromatic rings. The van der Waals surface area contributed by atoms with Gasteiger partial charge in [0.15, 0.2) is 4.60 Å². The van der Waals surface area contributed by atoms with E-state index in [9.17, 15) is 4.91 Å². The van der Waals surface area contributed by atoms with Crippen LogP contribution in [0.5, 0.6) is 0 Å². The third-order valence-electron chi connectivity index (χ3n) is 1.75. The van der Waals surface area contributed by atoms with Crippen LogP contribution in [0.4, 0.5) is 5.82 Å². The Morgan fingerprint density at radius 2 is 2.00 bits per heavy atom. The molecule has 66 valence electrons. The van der Waals surface area contributed by atoms with Crippen LogP contribution in [-0.4, -0.2) is 5.16 Å². The second-order valence-electron chi connectivity index (χ2n) is 2.58. The lowest BCUT2D eigenvalue weighted by Crippen LogP contribution is -2.14. The molecule has 5 heteroatoms. The summed E-state index contributed by atoms with van der Waals surface area (Å²) in [4.78, 5) is 10.8. The summed E-state index contributed by atoms with van der Waals surface area (Å²) in [5.41, 5.74) is 6.77. The quantitative estimate of drug-likeness (QED) is 0.677. The lowest BCUT2D eigenvalue weighted by Gasteiger charge is -1.89. The smallest absolute Gasteiger partial charge is 0.309 e. The number of aromatic amines is 1. The van der Waals surface area contributed by atoms with E-state index in [1.807, 2.05) is 30.3 Å². The number of nitrogens with one attached hydrogen (secondary N) is 1. The number of aromatic nitrogens is 2. The zero-order chi connectivity index (χ0) is 9.26. The maximum Gasteiger partial charge on any atom is 0.347 e. The van der Waals surface area contributed by atoms with Crippen LogP contribution in [-0.2, 0) is 0 Å². The van der Waals surface area contributed by atoms with Crippen molar-refractivity contribution in [1.82, 2.24) is 5.16 Å². The fourth-order valence-electron chi connectivity index (χ4n) is 1.09. The average molecular weight is 178 g/mol. The molecule has 0 amide bonds. The highest BCUT2D eigenvalue weighted by Crippen LogP contribution is 2.19. The van der Waals surface area contributed by atoms with Gasteiger partial charge in [-0.05, 0) is 4.91 Å². The molecule has 0 unspecified atom stereocenters. The predicted octanol–water partition coefficient (Wildman–Crippen LogP) is 0.771.